The molecule has 5 rings (SSSR count). The van der Waals surface area contributed by atoms with Gasteiger partial charge in [0.15, 0.2) is 11.6 Å². The molecule has 0 atom stereocenters. The maximum Gasteiger partial charge on any atom is 2.00 e. The minimum absolute atomic E-state index is 0. The van der Waals surface area contributed by atoms with Crippen molar-refractivity contribution in [3.05, 3.63) is 82.1 Å². The molecule has 170 valence electrons. The van der Waals surface area contributed by atoms with Crippen molar-refractivity contribution < 1.29 is 27.3 Å². The van der Waals surface area contributed by atoms with Crippen LogP contribution in [0.5, 0.6) is 0 Å². The fourth-order valence-corrected chi connectivity index (χ4v) is 3.70. The van der Waals surface area contributed by atoms with Gasteiger partial charge in [-0.2, -0.15) is 20.5 Å². The minimum atomic E-state index is 0. The molecule has 0 bridgehead atoms. The Balaban J connectivity index is 0.000000564. The summed E-state index contributed by atoms with van der Waals surface area (Å²) in [5.74, 6) is 1.59. The van der Waals surface area contributed by atoms with E-state index in [9.17, 15) is 0 Å². The molecule has 0 fully saturated rings. The zero-order valence-corrected chi connectivity index (χ0v) is 25.4. The van der Waals surface area contributed by atoms with E-state index in [0.29, 0.717) is 0 Å². The van der Waals surface area contributed by atoms with Gasteiger partial charge in [0, 0.05) is 22.2 Å². The van der Waals surface area contributed by atoms with Gasteiger partial charge in [-0.3, -0.25) is 0 Å². The van der Waals surface area contributed by atoms with Crippen molar-refractivity contribution in [3.63, 3.8) is 0 Å². The SMILES string of the molecule is Cc1cc(C)n(-c2ccc3ccc4ccc(-n5nc(C)cc5C)nc4c3n2)n1.[Cd+2].[N-]=C=S.[N-]=C=S. The van der Waals surface area contributed by atoms with Crippen molar-refractivity contribution in [1.82, 2.24) is 29.5 Å². The van der Waals surface area contributed by atoms with Gasteiger partial charge in [0.2, 0.25) is 0 Å². The summed E-state index contributed by atoms with van der Waals surface area (Å²) in [6.45, 7) is 8.05. The smallest absolute Gasteiger partial charge is 0.753 e. The zero-order valence-electron chi connectivity index (χ0n) is 19.7. The fourth-order valence-electron chi connectivity index (χ4n) is 3.70. The van der Waals surface area contributed by atoms with Crippen LogP contribution >= 0.6 is 24.4 Å². The van der Waals surface area contributed by atoms with Crippen molar-refractivity contribution in [2.45, 2.75) is 27.7 Å². The number of hydrogen-bond donors (Lipinski definition) is 0. The molecule has 0 saturated heterocycles. The molecule has 0 N–H and O–H groups in total. The summed E-state index contributed by atoms with van der Waals surface area (Å²) in [6.07, 6.45) is 0. The number of benzene rings is 1. The van der Waals surface area contributed by atoms with Crippen LogP contribution in [0.15, 0.2) is 48.5 Å². The molecule has 4 aromatic heterocycles. The van der Waals surface area contributed by atoms with E-state index in [0.717, 1.165) is 56.2 Å². The number of hydrogen-bond acceptors (Lipinski definition) is 6. The zero-order chi connectivity index (χ0) is 24.8. The van der Waals surface area contributed by atoms with E-state index in [4.69, 9.17) is 20.8 Å². The number of aromatic nitrogens is 6. The summed E-state index contributed by atoms with van der Waals surface area (Å²) in [5.41, 5.74) is 5.79. The monoisotopic (exact) mass is 598 g/mol. The van der Waals surface area contributed by atoms with Gasteiger partial charge >= 0.3 is 27.3 Å². The van der Waals surface area contributed by atoms with E-state index in [2.05, 4.69) is 58.9 Å². The molecule has 0 spiro atoms. The molecular weight excluding hydrogens is 577 g/mol. The van der Waals surface area contributed by atoms with Crippen LogP contribution in [0.2, 0.25) is 0 Å². The molecule has 0 unspecified atom stereocenters. The molecule has 0 aliphatic carbocycles. The number of pyridine rings is 2. The molecular formula is C24H20CdN8S2. The second-order valence-corrected chi connectivity index (χ2v) is 7.77. The van der Waals surface area contributed by atoms with Gasteiger partial charge in [0.25, 0.3) is 0 Å². The first-order valence-electron chi connectivity index (χ1n) is 10.1. The van der Waals surface area contributed by atoms with Crippen LogP contribution in [0.1, 0.15) is 22.8 Å². The summed E-state index contributed by atoms with van der Waals surface area (Å²) in [5, 5.41) is 28.2. The molecule has 0 aliphatic rings. The third-order valence-electron chi connectivity index (χ3n) is 4.94. The van der Waals surface area contributed by atoms with E-state index in [1.165, 1.54) is 10.3 Å². The number of aryl methyl sites for hydroxylation is 4. The van der Waals surface area contributed by atoms with E-state index < -0.39 is 0 Å². The topological polar surface area (TPSA) is 106 Å². The Morgan fingerprint density at radius 2 is 0.971 bits per heavy atom. The third kappa shape index (κ3) is 6.36. The van der Waals surface area contributed by atoms with Crippen LogP contribution in [-0.4, -0.2) is 39.9 Å². The summed E-state index contributed by atoms with van der Waals surface area (Å²) >= 11 is 7.40. The largest absolute Gasteiger partial charge is 2.00 e. The van der Waals surface area contributed by atoms with Crippen molar-refractivity contribution in [1.29, 1.82) is 0 Å². The van der Waals surface area contributed by atoms with Gasteiger partial charge in [-0.05, 0) is 64.1 Å². The standard InChI is InChI=1S/C22H20N6.2CNS.Cd/c1-13-11-15(3)27(25-13)19-9-7-17-5-6-18-8-10-20(24-22(18)21(17)23-19)28-16(4)12-14(2)26-28;2*2-1-3;/h5-12H,1-4H3;;;/q;2*-1;+2. The molecule has 0 saturated carbocycles. The second kappa shape index (κ2) is 12.6. The Morgan fingerprint density at radius 1 is 0.657 bits per heavy atom. The molecule has 0 aliphatic heterocycles. The summed E-state index contributed by atoms with van der Waals surface area (Å²) < 4.78 is 3.75. The Morgan fingerprint density at radius 3 is 1.26 bits per heavy atom. The van der Waals surface area contributed by atoms with Gasteiger partial charge < -0.3 is 10.8 Å². The number of rotatable bonds is 2. The summed E-state index contributed by atoms with van der Waals surface area (Å²) in [6, 6.07) is 16.4. The van der Waals surface area contributed by atoms with Crippen molar-refractivity contribution >= 4 is 56.6 Å². The fraction of sp³-hybridized carbons (Fsp3) is 0.167. The molecule has 0 radical (unpaired) electrons. The van der Waals surface area contributed by atoms with Crippen molar-refractivity contribution in [2.75, 3.05) is 0 Å². The molecule has 35 heavy (non-hydrogen) atoms. The van der Waals surface area contributed by atoms with Crippen LogP contribution in [0.3, 0.4) is 0 Å². The molecule has 11 heteroatoms. The minimum Gasteiger partial charge on any atom is -0.753 e. The number of thiocarbonyl (C=S) groups is 2. The number of fused-ring (bicyclic) bond motifs is 3. The first-order valence-corrected chi connectivity index (χ1v) is 10.9. The number of isothiocyanates is 2. The number of nitrogens with zero attached hydrogens (tertiary/aromatic N) is 8. The van der Waals surface area contributed by atoms with Crippen molar-refractivity contribution in [2.24, 2.45) is 0 Å². The average molecular weight is 597 g/mol. The quantitative estimate of drug-likeness (QED) is 0.112. The third-order valence-corrected chi connectivity index (χ3v) is 4.94. The predicted molar refractivity (Wildman–Crippen MR) is 142 cm³/mol. The maximum absolute atomic E-state index is 7.13. The second-order valence-electron chi connectivity index (χ2n) is 7.41. The maximum atomic E-state index is 7.13. The van der Waals surface area contributed by atoms with Gasteiger partial charge in [-0.15, -0.1) is 0 Å². The molecule has 5 aromatic rings. The van der Waals surface area contributed by atoms with Crippen LogP contribution < -0.4 is 0 Å². The van der Waals surface area contributed by atoms with Crippen LogP contribution in [0, 0.1) is 27.7 Å². The van der Waals surface area contributed by atoms with Crippen LogP contribution in [0.25, 0.3) is 44.3 Å². The van der Waals surface area contributed by atoms with E-state index in [-0.39, 0.29) is 27.3 Å². The van der Waals surface area contributed by atoms with E-state index >= 15 is 0 Å². The average Bonchev–Trinajstić information content (AvgIpc) is 3.33. The first-order chi connectivity index (χ1) is 16.3. The van der Waals surface area contributed by atoms with Crippen molar-refractivity contribution in [3.8, 4) is 11.6 Å². The predicted octanol–water partition coefficient (Wildman–Crippen LogP) is 5.70. The molecule has 4 heterocycles. The first kappa shape index (κ1) is 28.2. The Kier molecular flexibility index (Phi) is 10.2. The van der Waals surface area contributed by atoms with Gasteiger partial charge in [-0.25, -0.2) is 19.3 Å². The Hall–Kier alpha value is -3.02. The van der Waals surface area contributed by atoms with Crippen LogP contribution in [-0.2, 0) is 27.3 Å². The molecule has 1 aromatic carbocycles. The van der Waals surface area contributed by atoms with E-state index in [1.807, 2.05) is 61.3 Å². The summed E-state index contributed by atoms with van der Waals surface area (Å²) in [7, 11) is 0. The van der Waals surface area contributed by atoms with Gasteiger partial charge in [0.05, 0.1) is 22.4 Å². The Labute approximate surface area is 233 Å². The summed E-state index contributed by atoms with van der Waals surface area (Å²) in [4.78, 5) is 9.84. The Bertz CT molecular complexity index is 1440. The van der Waals surface area contributed by atoms with Gasteiger partial charge in [0.1, 0.15) is 0 Å². The van der Waals surface area contributed by atoms with Gasteiger partial charge in [-0.1, -0.05) is 36.6 Å². The van der Waals surface area contributed by atoms with E-state index in [1.54, 1.807) is 0 Å². The molecule has 8 nitrogen and oxygen atoms in total. The molecule has 0 amide bonds. The van der Waals surface area contributed by atoms with Crippen LogP contribution in [0.4, 0.5) is 0 Å². The normalized spacial score (nSPS) is 9.71.